The Balaban J connectivity index is 1.98. The molecule has 0 radical (unpaired) electrons. The van der Waals surface area contributed by atoms with Gasteiger partial charge in [-0.3, -0.25) is 4.79 Å². The van der Waals surface area contributed by atoms with Crippen molar-refractivity contribution in [3.05, 3.63) is 106 Å². The summed E-state index contributed by atoms with van der Waals surface area (Å²) in [4.78, 5) is 11.4. The summed E-state index contributed by atoms with van der Waals surface area (Å²) < 4.78 is 25.5. The number of hydrogen-bond donors (Lipinski definition) is 1. The molecule has 1 unspecified atom stereocenters. The van der Waals surface area contributed by atoms with E-state index in [-0.39, 0.29) is 5.82 Å². The molecule has 3 aromatic rings. The van der Waals surface area contributed by atoms with Crippen LogP contribution in [0.2, 0.25) is 0 Å². The fourth-order valence-electron chi connectivity index (χ4n) is 3.37. The highest BCUT2D eigenvalue weighted by atomic mass is 19.1. The molecule has 140 valence electrons. The summed E-state index contributed by atoms with van der Waals surface area (Å²) in [5.41, 5.74) is 9.68. The molecule has 28 heavy (non-hydrogen) atoms. The SMILES string of the molecule is COC1OC(c2ccccc2)=C(c2ccc(C(N)=O)cc2)c2ccc(F)cc21. The summed E-state index contributed by atoms with van der Waals surface area (Å²) in [6.45, 7) is 0. The van der Waals surface area contributed by atoms with Gasteiger partial charge in [0.2, 0.25) is 12.2 Å². The van der Waals surface area contributed by atoms with Crippen LogP contribution in [0.3, 0.4) is 0 Å². The zero-order valence-electron chi connectivity index (χ0n) is 15.2. The quantitative estimate of drug-likeness (QED) is 0.729. The van der Waals surface area contributed by atoms with Crippen LogP contribution in [0.1, 0.15) is 38.9 Å². The summed E-state index contributed by atoms with van der Waals surface area (Å²) in [7, 11) is 1.52. The largest absolute Gasteiger partial charge is 0.459 e. The number of nitrogens with two attached hydrogens (primary N) is 1. The number of benzene rings is 3. The first-order chi connectivity index (χ1) is 13.6. The maximum absolute atomic E-state index is 13.9. The number of rotatable bonds is 4. The van der Waals surface area contributed by atoms with Gasteiger partial charge in [-0.25, -0.2) is 4.39 Å². The highest BCUT2D eigenvalue weighted by molar-refractivity contribution is 5.99. The van der Waals surface area contributed by atoms with Crippen molar-refractivity contribution in [2.45, 2.75) is 6.29 Å². The number of ether oxygens (including phenoxy) is 2. The second-order valence-electron chi connectivity index (χ2n) is 6.43. The highest BCUT2D eigenvalue weighted by Crippen LogP contribution is 2.44. The third-order valence-electron chi connectivity index (χ3n) is 4.70. The minimum atomic E-state index is -0.727. The lowest BCUT2D eigenvalue weighted by atomic mass is 9.88. The van der Waals surface area contributed by atoms with Gasteiger partial charge in [-0.15, -0.1) is 0 Å². The van der Waals surface area contributed by atoms with E-state index >= 15 is 0 Å². The van der Waals surface area contributed by atoms with Gasteiger partial charge >= 0.3 is 0 Å². The Bertz CT molecular complexity index is 1060. The molecule has 0 saturated carbocycles. The topological polar surface area (TPSA) is 61.6 Å². The zero-order valence-corrected chi connectivity index (χ0v) is 15.2. The Kier molecular flexibility index (Phi) is 4.67. The van der Waals surface area contributed by atoms with E-state index in [1.54, 1.807) is 18.2 Å². The van der Waals surface area contributed by atoms with Crippen molar-refractivity contribution in [2.24, 2.45) is 5.73 Å². The number of amides is 1. The van der Waals surface area contributed by atoms with Gasteiger partial charge in [0.25, 0.3) is 0 Å². The van der Waals surface area contributed by atoms with Crippen LogP contribution in [0.15, 0.2) is 72.8 Å². The number of carbonyl (C=O) groups excluding carboxylic acids is 1. The normalized spacial score (nSPS) is 15.7. The van der Waals surface area contributed by atoms with Crippen LogP contribution in [0.5, 0.6) is 0 Å². The highest BCUT2D eigenvalue weighted by Gasteiger charge is 2.30. The van der Waals surface area contributed by atoms with E-state index in [1.165, 1.54) is 19.2 Å². The molecule has 0 bridgehead atoms. The van der Waals surface area contributed by atoms with Gasteiger partial charge < -0.3 is 15.2 Å². The van der Waals surface area contributed by atoms with Gasteiger partial charge in [-0.2, -0.15) is 0 Å². The summed E-state index contributed by atoms with van der Waals surface area (Å²) in [5, 5.41) is 0. The lowest BCUT2D eigenvalue weighted by Gasteiger charge is -2.30. The van der Waals surface area contributed by atoms with Crippen LogP contribution in [0.25, 0.3) is 11.3 Å². The lowest BCUT2D eigenvalue weighted by molar-refractivity contribution is -0.0770. The minimum absolute atomic E-state index is 0.365. The minimum Gasteiger partial charge on any atom is -0.459 e. The van der Waals surface area contributed by atoms with Crippen molar-refractivity contribution in [1.82, 2.24) is 0 Å². The lowest BCUT2D eigenvalue weighted by Crippen LogP contribution is -2.16. The average molecular weight is 375 g/mol. The Morgan fingerprint density at radius 1 is 1.00 bits per heavy atom. The van der Waals surface area contributed by atoms with Gasteiger partial charge in [0.1, 0.15) is 11.6 Å². The Labute approximate surface area is 162 Å². The molecule has 1 heterocycles. The molecule has 2 N–H and O–H groups in total. The second-order valence-corrected chi connectivity index (χ2v) is 6.43. The van der Waals surface area contributed by atoms with Gasteiger partial charge in [-0.05, 0) is 35.4 Å². The van der Waals surface area contributed by atoms with E-state index in [0.717, 1.165) is 22.3 Å². The Morgan fingerprint density at radius 3 is 2.36 bits per heavy atom. The summed E-state index contributed by atoms with van der Waals surface area (Å²) >= 11 is 0. The molecule has 0 saturated heterocycles. The fourth-order valence-corrected chi connectivity index (χ4v) is 3.37. The first kappa shape index (κ1) is 17.9. The van der Waals surface area contributed by atoms with E-state index in [0.29, 0.717) is 16.9 Å². The first-order valence-corrected chi connectivity index (χ1v) is 8.77. The van der Waals surface area contributed by atoms with Crippen molar-refractivity contribution < 1.29 is 18.7 Å². The maximum Gasteiger partial charge on any atom is 0.248 e. The third-order valence-corrected chi connectivity index (χ3v) is 4.70. The van der Waals surface area contributed by atoms with Crippen molar-refractivity contribution in [3.8, 4) is 0 Å². The molecule has 5 heteroatoms. The van der Waals surface area contributed by atoms with E-state index < -0.39 is 12.2 Å². The number of methoxy groups -OCH3 is 1. The molecule has 1 aliphatic heterocycles. The van der Waals surface area contributed by atoms with Crippen molar-refractivity contribution >= 4 is 17.2 Å². The number of halogens is 1. The molecule has 0 spiro atoms. The van der Waals surface area contributed by atoms with Gasteiger partial charge in [0.05, 0.1) is 0 Å². The summed E-state index contributed by atoms with van der Waals surface area (Å²) in [5.74, 6) is -0.236. The smallest absolute Gasteiger partial charge is 0.248 e. The molecule has 3 aromatic carbocycles. The second kappa shape index (κ2) is 7.29. The van der Waals surface area contributed by atoms with Crippen LogP contribution >= 0.6 is 0 Å². The maximum atomic E-state index is 13.9. The molecule has 1 aliphatic rings. The van der Waals surface area contributed by atoms with Crippen LogP contribution in [0, 0.1) is 5.82 Å². The molecule has 0 fully saturated rings. The molecule has 1 amide bonds. The number of carbonyl (C=O) groups is 1. The average Bonchev–Trinajstić information content (AvgIpc) is 2.73. The van der Waals surface area contributed by atoms with E-state index in [1.807, 2.05) is 42.5 Å². The van der Waals surface area contributed by atoms with Crippen molar-refractivity contribution in [1.29, 1.82) is 0 Å². The number of fused-ring (bicyclic) bond motifs is 1. The predicted octanol–water partition coefficient (Wildman–Crippen LogP) is 4.52. The number of primary amides is 1. The molecule has 0 aliphatic carbocycles. The molecule has 4 nitrogen and oxygen atoms in total. The molecular formula is C23H18FNO3. The van der Waals surface area contributed by atoms with Crippen molar-refractivity contribution in [2.75, 3.05) is 7.11 Å². The summed E-state index contributed by atoms with van der Waals surface area (Å²) in [6, 6.07) is 21.1. The third kappa shape index (κ3) is 3.17. The van der Waals surface area contributed by atoms with Crippen LogP contribution in [-0.2, 0) is 9.47 Å². The number of hydrogen-bond acceptors (Lipinski definition) is 3. The summed E-state index contributed by atoms with van der Waals surface area (Å²) in [6.07, 6.45) is -0.727. The van der Waals surface area contributed by atoms with Crippen LogP contribution in [-0.4, -0.2) is 13.0 Å². The predicted molar refractivity (Wildman–Crippen MR) is 105 cm³/mol. The Hall–Kier alpha value is -3.44. The van der Waals surface area contributed by atoms with Crippen molar-refractivity contribution in [3.63, 3.8) is 0 Å². The first-order valence-electron chi connectivity index (χ1n) is 8.77. The zero-order chi connectivity index (χ0) is 19.7. The molecule has 4 rings (SSSR count). The van der Waals surface area contributed by atoms with Gasteiger partial charge in [-0.1, -0.05) is 48.5 Å². The van der Waals surface area contributed by atoms with Gasteiger partial charge in [0.15, 0.2) is 0 Å². The fraction of sp³-hybridized carbons (Fsp3) is 0.0870. The standard InChI is InChI=1S/C23H18FNO3/c1-27-23-19-13-17(24)11-12-18(19)20(14-7-9-16(10-8-14)22(25)26)21(28-23)15-5-3-2-4-6-15/h2-13,23H,1H3,(H2,25,26). The molecular weight excluding hydrogens is 357 g/mol. The van der Waals surface area contributed by atoms with Gasteiger partial charge in [0, 0.05) is 29.4 Å². The monoisotopic (exact) mass is 375 g/mol. The van der Waals surface area contributed by atoms with E-state index in [2.05, 4.69) is 0 Å². The molecule has 1 atom stereocenters. The van der Waals surface area contributed by atoms with Crippen LogP contribution in [0.4, 0.5) is 4.39 Å². The van der Waals surface area contributed by atoms with E-state index in [9.17, 15) is 9.18 Å². The van der Waals surface area contributed by atoms with E-state index in [4.69, 9.17) is 15.2 Å². The Morgan fingerprint density at radius 2 is 1.71 bits per heavy atom. The molecule has 0 aromatic heterocycles. The van der Waals surface area contributed by atoms with Crippen LogP contribution < -0.4 is 5.73 Å².